The van der Waals surface area contributed by atoms with Gasteiger partial charge >= 0.3 is 0 Å². The van der Waals surface area contributed by atoms with Gasteiger partial charge in [0.25, 0.3) is 0 Å². The van der Waals surface area contributed by atoms with E-state index in [2.05, 4.69) is 4.98 Å². The quantitative estimate of drug-likeness (QED) is 0.694. The summed E-state index contributed by atoms with van der Waals surface area (Å²) in [5, 5.41) is 0. The standard InChI is InChI=1S/C7H9ClN2.ClH/c1-5-2-7(9)6(3-8)4-10-5;/h2,4H,3H2,1H3,(H2,9,10);1H. The predicted molar refractivity (Wildman–Crippen MR) is 50.2 cm³/mol. The zero-order chi connectivity index (χ0) is 7.56. The van der Waals surface area contributed by atoms with Crippen LogP contribution in [0.5, 0.6) is 0 Å². The van der Waals surface area contributed by atoms with Crippen molar-refractivity contribution in [3.63, 3.8) is 0 Å². The van der Waals surface area contributed by atoms with Gasteiger partial charge in [-0.25, -0.2) is 0 Å². The van der Waals surface area contributed by atoms with Crippen LogP contribution in [0.4, 0.5) is 5.69 Å². The van der Waals surface area contributed by atoms with Crippen molar-refractivity contribution in [2.45, 2.75) is 12.8 Å². The molecule has 1 aromatic rings. The van der Waals surface area contributed by atoms with Crippen LogP contribution in [-0.4, -0.2) is 4.98 Å². The molecule has 0 saturated carbocycles. The molecule has 0 aliphatic carbocycles. The molecule has 1 aromatic heterocycles. The van der Waals surface area contributed by atoms with Gasteiger partial charge < -0.3 is 5.73 Å². The molecule has 0 amide bonds. The summed E-state index contributed by atoms with van der Waals surface area (Å²) in [6, 6.07) is 1.82. The lowest BCUT2D eigenvalue weighted by Crippen LogP contribution is -1.94. The number of nitrogens with two attached hydrogens (primary N) is 1. The molecule has 2 N–H and O–H groups in total. The molecule has 0 aliphatic heterocycles. The SMILES string of the molecule is Cc1cc(N)c(CCl)cn1.Cl. The second-order valence-electron chi connectivity index (χ2n) is 2.16. The Morgan fingerprint density at radius 3 is 2.73 bits per heavy atom. The first-order valence-corrected chi connectivity index (χ1v) is 3.54. The van der Waals surface area contributed by atoms with E-state index in [1.165, 1.54) is 0 Å². The summed E-state index contributed by atoms with van der Waals surface area (Å²) in [7, 11) is 0. The van der Waals surface area contributed by atoms with Gasteiger partial charge in [0.1, 0.15) is 0 Å². The minimum atomic E-state index is 0. The van der Waals surface area contributed by atoms with Crippen LogP contribution in [0, 0.1) is 6.92 Å². The number of aromatic nitrogens is 1. The van der Waals surface area contributed by atoms with Crippen molar-refractivity contribution < 1.29 is 0 Å². The van der Waals surface area contributed by atoms with Gasteiger partial charge in [-0.05, 0) is 13.0 Å². The van der Waals surface area contributed by atoms with Gasteiger partial charge in [0.2, 0.25) is 0 Å². The maximum absolute atomic E-state index is 5.61. The molecule has 0 atom stereocenters. The number of rotatable bonds is 1. The van der Waals surface area contributed by atoms with Gasteiger partial charge in [-0.1, -0.05) is 0 Å². The molecule has 1 rings (SSSR count). The number of anilines is 1. The highest BCUT2D eigenvalue weighted by Gasteiger charge is 1.96. The molecular weight excluding hydrogens is 183 g/mol. The molecule has 1 heterocycles. The molecule has 0 unspecified atom stereocenters. The van der Waals surface area contributed by atoms with Gasteiger partial charge in [-0.3, -0.25) is 4.98 Å². The Hall–Kier alpha value is -0.470. The summed E-state index contributed by atoms with van der Waals surface area (Å²) < 4.78 is 0. The van der Waals surface area contributed by atoms with E-state index in [1.54, 1.807) is 6.20 Å². The summed E-state index contributed by atoms with van der Waals surface area (Å²) in [5.74, 6) is 0.430. The lowest BCUT2D eigenvalue weighted by molar-refractivity contribution is 1.16. The van der Waals surface area contributed by atoms with Crippen LogP contribution < -0.4 is 5.73 Å². The maximum Gasteiger partial charge on any atom is 0.0509 e. The van der Waals surface area contributed by atoms with Crippen molar-refractivity contribution in [1.82, 2.24) is 4.98 Å². The number of hydrogen-bond acceptors (Lipinski definition) is 2. The van der Waals surface area contributed by atoms with E-state index < -0.39 is 0 Å². The largest absolute Gasteiger partial charge is 0.398 e. The summed E-state index contributed by atoms with van der Waals surface area (Å²) in [5.41, 5.74) is 8.15. The number of aryl methyl sites for hydroxylation is 1. The summed E-state index contributed by atoms with van der Waals surface area (Å²) in [4.78, 5) is 4.05. The number of nitrogens with zero attached hydrogens (tertiary/aromatic N) is 1. The lowest BCUT2D eigenvalue weighted by atomic mass is 10.2. The summed E-state index contributed by atoms with van der Waals surface area (Å²) in [6.07, 6.45) is 1.71. The molecule has 0 spiro atoms. The topological polar surface area (TPSA) is 38.9 Å². The average Bonchev–Trinajstić information content (AvgIpc) is 1.88. The van der Waals surface area contributed by atoms with Crippen molar-refractivity contribution in [1.29, 1.82) is 0 Å². The normalized spacial score (nSPS) is 8.91. The first-order valence-electron chi connectivity index (χ1n) is 3.01. The minimum absolute atomic E-state index is 0. The first kappa shape index (κ1) is 10.5. The van der Waals surface area contributed by atoms with E-state index in [9.17, 15) is 0 Å². The van der Waals surface area contributed by atoms with Crippen molar-refractivity contribution in [2.24, 2.45) is 0 Å². The third kappa shape index (κ3) is 2.56. The molecule has 0 aromatic carbocycles. The Morgan fingerprint density at radius 1 is 1.64 bits per heavy atom. The molecule has 0 saturated heterocycles. The van der Waals surface area contributed by atoms with Crippen LogP contribution in [-0.2, 0) is 5.88 Å². The number of halogens is 2. The highest BCUT2D eigenvalue weighted by atomic mass is 35.5. The zero-order valence-corrected chi connectivity index (χ0v) is 7.75. The average molecular weight is 193 g/mol. The maximum atomic E-state index is 5.61. The van der Waals surface area contributed by atoms with Crippen molar-refractivity contribution in [3.8, 4) is 0 Å². The van der Waals surface area contributed by atoms with Gasteiger partial charge in [0, 0.05) is 23.1 Å². The summed E-state index contributed by atoms with van der Waals surface area (Å²) >= 11 is 5.56. The number of nitrogen functional groups attached to an aromatic ring is 1. The van der Waals surface area contributed by atoms with Crippen molar-refractivity contribution in [3.05, 3.63) is 23.5 Å². The fraction of sp³-hybridized carbons (Fsp3) is 0.286. The molecular formula is C7H10Cl2N2. The van der Waals surface area contributed by atoms with E-state index in [4.69, 9.17) is 17.3 Å². The predicted octanol–water partition coefficient (Wildman–Crippen LogP) is 2.13. The van der Waals surface area contributed by atoms with Crippen LogP contribution in [0.2, 0.25) is 0 Å². The number of pyridine rings is 1. The lowest BCUT2D eigenvalue weighted by Gasteiger charge is -2.00. The zero-order valence-electron chi connectivity index (χ0n) is 6.17. The van der Waals surface area contributed by atoms with Crippen LogP contribution >= 0.6 is 24.0 Å². The van der Waals surface area contributed by atoms with Gasteiger partial charge in [-0.2, -0.15) is 0 Å². The Morgan fingerprint density at radius 2 is 2.27 bits per heavy atom. The third-order valence-corrected chi connectivity index (χ3v) is 1.59. The van der Waals surface area contributed by atoms with Gasteiger partial charge in [-0.15, -0.1) is 24.0 Å². The molecule has 0 radical (unpaired) electrons. The smallest absolute Gasteiger partial charge is 0.0509 e. The Labute approximate surface area is 77.2 Å². The molecule has 0 aliphatic rings. The molecule has 11 heavy (non-hydrogen) atoms. The Kier molecular flexibility index (Phi) is 4.23. The van der Waals surface area contributed by atoms with Gasteiger partial charge in [0.05, 0.1) is 5.88 Å². The van der Waals surface area contributed by atoms with Crippen LogP contribution in [0.1, 0.15) is 11.3 Å². The van der Waals surface area contributed by atoms with Crippen molar-refractivity contribution >= 4 is 29.7 Å². The fourth-order valence-electron chi connectivity index (χ4n) is 0.721. The first-order chi connectivity index (χ1) is 4.74. The van der Waals surface area contributed by atoms with Gasteiger partial charge in [0.15, 0.2) is 0 Å². The fourth-order valence-corrected chi connectivity index (χ4v) is 0.944. The molecule has 2 nitrogen and oxygen atoms in total. The monoisotopic (exact) mass is 192 g/mol. The molecule has 4 heteroatoms. The number of hydrogen-bond donors (Lipinski definition) is 1. The van der Waals surface area contributed by atoms with Crippen LogP contribution in [0.3, 0.4) is 0 Å². The third-order valence-electron chi connectivity index (χ3n) is 1.30. The second kappa shape index (κ2) is 4.42. The molecule has 0 fully saturated rings. The summed E-state index contributed by atoms with van der Waals surface area (Å²) in [6.45, 7) is 1.90. The van der Waals surface area contributed by atoms with E-state index in [0.717, 1.165) is 16.9 Å². The van der Waals surface area contributed by atoms with Crippen molar-refractivity contribution in [2.75, 3.05) is 5.73 Å². The molecule has 62 valence electrons. The van der Waals surface area contributed by atoms with E-state index in [-0.39, 0.29) is 12.4 Å². The second-order valence-corrected chi connectivity index (χ2v) is 2.43. The minimum Gasteiger partial charge on any atom is -0.398 e. The Bertz CT molecular complexity index is 238. The Balaban J connectivity index is 0.000001000. The van der Waals surface area contributed by atoms with Crippen LogP contribution in [0.25, 0.3) is 0 Å². The molecule has 0 bridgehead atoms. The number of alkyl halides is 1. The highest BCUT2D eigenvalue weighted by molar-refractivity contribution is 6.17. The van der Waals surface area contributed by atoms with E-state index in [1.807, 2.05) is 13.0 Å². The highest BCUT2D eigenvalue weighted by Crippen LogP contribution is 2.12. The van der Waals surface area contributed by atoms with Crippen LogP contribution in [0.15, 0.2) is 12.3 Å². The van der Waals surface area contributed by atoms with E-state index in [0.29, 0.717) is 5.88 Å². The van der Waals surface area contributed by atoms with E-state index >= 15 is 0 Å².